The lowest BCUT2D eigenvalue weighted by molar-refractivity contribution is -0.150. The van der Waals surface area contributed by atoms with E-state index in [1.54, 1.807) is 12.4 Å². The van der Waals surface area contributed by atoms with Gasteiger partial charge in [0.2, 0.25) is 5.91 Å². The highest BCUT2D eigenvalue weighted by Crippen LogP contribution is 2.41. The first kappa shape index (κ1) is 21.3. The van der Waals surface area contributed by atoms with Gasteiger partial charge in [0.1, 0.15) is 5.69 Å². The zero-order chi connectivity index (χ0) is 22.1. The summed E-state index contributed by atoms with van der Waals surface area (Å²) in [5, 5.41) is 0. The Balaban J connectivity index is 1.43. The van der Waals surface area contributed by atoms with Gasteiger partial charge in [0, 0.05) is 50.3 Å². The van der Waals surface area contributed by atoms with E-state index in [4.69, 9.17) is 0 Å². The first-order valence-electron chi connectivity index (χ1n) is 10.3. The van der Waals surface area contributed by atoms with Crippen LogP contribution in [0.1, 0.15) is 47.3 Å². The average Bonchev–Trinajstić information content (AvgIpc) is 2.77. The predicted molar refractivity (Wildman–Crippen MR) is 106 cm³/mol. The number of pyridine rings is 2. The van der Waals surface area contributed by atoms with Crippen LogP contribution in [0.25, 0.3) is 0 Å². The standard InChI is InChI=1S/C22H23F3N4O2/c23-22(24,25)18-14-17(4-10-27-18)19(30)28-12-6-21(7-13-28)5-1-11-29(20(21)31)15-16-2-8-26-9-3-16/h2-4,8-10,14H,1,5-7,11-13,15H2. The van der Waals surface area contributed by atoms with Crippen molar-refractivity contribution in [3.63, 3.8) is 0 Å². The summed E-state index contributed by atoms with van der Waals surface area (Å²) in [6.45, 7) is 1.92. The van der Waals surface area contributed by atoms with Crippen molar-refractivity contribution in [1.82, 2.24) is 19.8 Å². The summed E-state index contributed by atoms with van der Waals surface area (Å²) in [6.07, 6.45) is 2.50. The van der Waals surface area contributed by atoms with Crippen molar-refractivity contribution in [3.05, 3.63) is 59.7 Å². The third-order valence-electron chi connectivity index (χ3n) is 6.25. The molecular formula is C22H23F3N4O2. The van der Waals surface area contributed by atoms with E-state index in [0.717, 1.165) is 30.7 Å². The minimum absolute atomic E-state index is 0.0347. The fourth-order valence-electron chi connectivity index (χ4n) is 4.51. The fraction of sp³-hybridized carbons (Fsp3) is 0.455. The summed E-state index contributed by atoms with van der Waals surface area (Å²) in [5.74, 6) is -0.356. The molecule has 0 unspecified atom stereocenters. The van der Waals surface area contributed by atoms with Crippen molar-refractivity contribution < 1.29 is 22.8 Å². The molecule has 0 aliphatic carbocycles. The van der Waals surface area contributed by atoms with Crippen LogP contribution in [0.4, 0.5) is 13.2 Å². The molecule has 9 heteroatoms. The molecule has 0 atom stereocenters. The molecule has 6 nitrogen and oxygen atoms in total. The van der Waals surface area contributed by atoms with Crippen molar-refractivity contribution in [2.45, 2.75) is 38.4 Å². The number of aromatic nitrogens is 2. The number of rotatable bonds is 3. The number of amides is 2. The van der Waals surface area contributed by atoms with E-state index in [1.807, 2.05) is 17.0 Å². The Morgan fingerprint density at radius 2 is 1.74 bits per heavy atom. The Labute approximate surface area is 178 Å². The van der Waals surface area contributed by atoms with Gasteiger partial charge in [-0.1, -0.05) is 0 Å². The lowest BCUT2D eigenvalue weighted by Crippen LogP contribution is -2.54. The molecule has 0 bridgehead atoms. The smallest absolute Gasteiger partial charge is 0.339 e. The van der Waals surface area contributed by atoms with E-state index in [-0.39, 0.29) is 11.5 Å². The number of hydrogen-bond acceptors (Lipinski definition) is 4. The molecule has 0 N–H and O–H groups in total. The normalized spacial score (nSPS) is 19.0. The molecule has 0 saturated carbocycles. The van der Waals surface area contributed by atoms with Crippen LogP contribution in [0.2, 0.25) is 0 Å². The van der Waals surface area contributed by atoms with E-state index in [9.17, 15) is 22.8 Å². The molecule has 2 aromatic heterocycles. The maximum atomic E-state index is 13.3. The second-order valence-electron chi connectivity index (χ2n) is 8.19. The van der Waals surface area contributed by atoms with Crippen LogP contribution >= 0.6 is 0 Å². The van der Waals surface area contributed by atoms with Gasteiger partial charge in [0.25, 0.3) is 5.91 Å². The van der Waals surface area contributed by atoms with Crippen molar-refractivity contribution in [1.29, 1.82) is 0 Å². The van der Waals surface area contributed by atoms with Crippen LogP contribution in [-0.2, 0) is 17.5 Å². The first-order chi connectivity index (χ1) is 14.8. The molecule has 2 aromatic rings. The lowest BCUT2D eigenvalue weighted by Gasteiger charge is -2.46. The summed E-state index contributed by atoms with van der Waals surface area (Å²) >= 11 is 0. The predicted octanol–water partition coefficient (Wildman–Crippen LogP) is 3.54. The first-order valence-corrected chi connectivity index (χ1v) is 10.3. The molecule has 4 heterocycles. The number of hydrogen-bond donors (Lipinski definition) is 0. The highest BCUT2D eigenvalue weighted by molar-refractivity contribution is 5.94. The van der Waals surface area contributed by atoms with Gasteiger partial charge in [-0.25, -0.2) is 0 Å². The molecule has 2 saturated heterocycles. The topological polar surface area (TPSA) is 66.4 Å². The molecule has 0 aromatic carbocycles. The van der Waals surface area contributed by atoms with E-state index in [2.05, 4.69) is 9.97 Å². The maximum absolute atomic E-state index is 13.3. The van der Waals surface area contributed by atoms with Crippen LogP contribution < -0.4 is 0 Å². The fourth-order valence-corrected chi connectivity index (χ4v) is 4.51. The van der Waals surface area contributed by atoms with E-state index < -0.39 is 23.2 Å². The van der Waals surface area contributed by atoms with Gasteiger partial charge in [0.15, 0.2) is 0 Å². The van der Waals surface area contributed by atoms with Crippen LogP contribution in [0, 0.1) is 5.41 Å². The number of nitrogens with zero attached hydrogens (tertiary/aromatic N) is 4. The third kappa shape index (κ3) is 4.40. The van der Waals surface area contributed by atoms with Gasteiger partial charge in [-0.2, -0.15) is 13.2 Å². The van der Waals surface area contributed by atoms with Crippen LogP contribution in [0.3, 0.4) is 0 Å². The molecule has 4 rings (SSSR count). The van der Waals surface area contributed by atoms with Crippen LogP contribution in [0.15, 0.2) is 42.9 Å². The molecule has 2 aliphatic rings. The Bertz CT molecular complexity index is 957. The number of likely N-dealkylation sites (tertiary alicyclic amines) is 2. The van der Waals surface area contributed by atoms with Crippen molar-refractivity contribution >= 4 is 11.8 Å². The summed E-state index contributed by atoms with van der Waals surface area (Å²) in [7, 11) is 0. The largest absolute Gasteiger partial charge is 0.433 e. The second-order valence-corrected chi connectivity index (χ2v) is 8.19. The van der Waals surface area contributed by atoms with Gasteiger partial charge in [0.05, 0.1) is 5.41 Å². The summed E-state index contributed by atoms with van der Waals surface area (Å²) in [4.78, 5) is 36.8. The molecule has 2 amide bonds. The third-order valence-corrected chi connectivity index (χ3v) is 6.25. The number of halogens is 3. The van der Waals surface area contributed by atoms with E-state index in [0.29, 0.717) is 39.0 Å². The molecule has 31 heavy (non-hydrogen) atoms. The SMILES string of the molecule is O=C(c1ccnc(C(F)(F)F)c1)N1CCC2(CCCN(Cc3ccncc3)C2=O)CC1. The summed E-state index contributed by atoms with van der Waals surface area (Å²) < 4.78 is 38.7. The maximum Gasteiger partial charge on any atom is 0.433 e. The number of alkyl halides is 3. The van der Waals surface area contributed by atoms with Gasteiger partial charge >= 0.3 is 6.18 Å². The zero-order valence-electron chi connectivity index (χ0n) is 16.9. The van der Waals surface area contributed by atoms with Crippen molar-refractivity contribution in [2.24, 2.45) is 5.41 Å². The Hall–Kier alpha value is -2.97. The molecule has 2 fully saturated rings. The number of carbonyl (C=O) groups is 2. The monoisotopic (exact) mass is 432 g/mol. The Kier molecular flexibility index (Phi) is 5.68. The van der Waals surface area contributed by atoms with Crippen LogP contribution in [-0.4, -0.2) is 51.2 Å². The van der Waals surface area contributed by atoms with Gasteiger partial charge in [-0.05, 0) is 55.5 Å². The average molecular weight is 432 g/mol. The van der Waals surface area contributed by atoms with Gasteiger partial charge < -0.3 is 9.80 Å². The van der Waals surface area contributed by atoms with Crippen molar-refractivity contribution in [3.8, 4) is 0 Å². The second kappa shape index (κ2) is 8.28. The zero-order valence-corrected chi connectivity index (χ0v) is 16.9. The molecular weight excluding hydrogens is 409 g/mol. The Morgan fingerprint density at radius 3 is 2.42 bits per heavy atom. The molecule has 2 aliphatic heterocycles. The Morgan fingerprint density at radius 1 is 1.03 bits per heavy atom. The van der Waals surface area contributed by atoms with E-state index >= 15 is 0 Å². The summed E-state index contributed by atoms with van der Waals surface area (Å²) in [5.41, 5.74) is -0.600. The number of piperidine rings is 2. The van der Waals surface area contributed by atoms with Crippen molar-refractivity contribution in [2.75, 3.05) is 19.6 Å². The lowest BCUT2D eigenvalue weighted by atomic mass is 9.71. The van der Waals surface area contributed by atoms with Crippen LogP contribution in [0.5, 0.6) is 0 Å². The van der Waals surface area contributed by atoms with E-state index in [1.165, 1.54) is 11.0 Å². The highest BCUT2D eigenvalue weighted by atomic mass is 19.4. The van der Waals surface area contributed by atoms with Gasteiger partial charge in [-0.15, -0.1) is 0 Å². The van der Waals surface area contributed by atoms with Gasteiger partial charge in [-0.3, -0.25) is 19.6 Å². The highest BCUT2D eigenvalue weighted by Gasteiger charge is 2.46. The quantitative estimate of drug-likeness (QED) is 0.744. The molecule has 164 valence electrons. The molecule has 1 spiro atoms. The minimum atomic E-state index is -4.60. The summed E-state index contributed by atoms with van der Waals surface area (Å²) in [6, 6.07) is 5.86. The number of carbonyl (C=O) groups excluding carboxylic acids is 2. The molecule has 0 radical (unpaired) electrons. The minimum Gasteiger partial charge on any atom is -0.339 e.